The molecule has 0 saturated heterocycles. The number of hydrogen-bond acceptors (Lipinski definition) is 4. The predicted molar refractivity (Wildman–Crippen MR) is 67.8 cm³/mol. The number of rotatable bonds is 3. The van der Waals surface area contributed by atoms with Crippen LogP contribution in [0.4, 0.5) is 0 Å². The summed E-state index contributed by atoms with van der Waals surface area (Å²) in [6, 6.07) is 6.80. The van der Waals surface area contributed by atoms with Crippen molar-refractivity contribution in [2.45, 2.75) is 0 Å². The summed E-state index contributed by atoms with van der Waals surface area (Å²) in [5.74, 6) is 1.59. The van der Waals surface area contributed by atoms with Gasteiger partial charge in [0.1, 0.15) is 22.4 Å². The molecule has 0 amide bonds. The van der Waals surface area contributed by atoms with Gasteiger partial charge >= 0.3 is 0 Å². The van der Waals surface area contributed by atoms with Crippen LogP contribution < -0.4 is 9.47 Å². The highest BCUT2D eigenvalue weighted by atomic mass is 79.9. The SMILES string of the molecule is COc1cc(Oc2cc(Br)ncn2)ccc1Cl. The number of hydrogen-bond donors (Lipinski definition) is 0. The van der Waals surface area contributed by atoms with Crippen LogP contribution in [0.1, 0.15) is 0 Å². The van der Waals surface area contributed by atoms with Crippen molar-refractivity contribution in [2.75, 3.05) is 7.11 Å². The van der Waals surface area contributed by atoms with E-state index in [1.807, 2.05) is 0 Å². The summed E-state index contributed by atoms with van der Waals surface area (Å²) >= 11 is 9.15. The first-order chi connectivity index (χ1) is 8.19. The molecule has 0 aliphatic heterocycles. The van der Waals surface area contributed by atoms with Crippen molar-refractivity contribution in [2.24, 2.45) is 0 Å². The molecule has 4 nitrogen and oxygen atoms in total. The molecule has 0 bridgehead atoms. The van der Waals surface area contributed by atoms with Crippen molar-refractivity contribution in [3.8, 4) is 17.4 Å². The van der Waals surface area contributed by atoms with E-state index in [0.29, 0.717) is 27.0 Å². The minimum atomic E-state index is 0.441. The molecular weight excluding hydrogens is 307 g/mol. The maximum atomic E-state index is 5.91. The Labute approximate surface area is 112 Å². The molecule has 6 heteroatoms. The average Bonchev–Trinajstić information content (AvgIpc) is 2.32. The predicted octanol–water partition coefficient (Wildman–Crippen LogP) is 3.69. The lowest BCUT2D eigenvalue weighted by atomic mass is 10.3. The van der Waals surface area contributed by atoms with Gasteiger partial charge in [-0.05, 0) is 28.1 Å². The maximum absolute atomic E-state index is 5.91. The van der Waals surface area contributed by atoms with E-state index >= 15 is 0 Å². The van der Waals surface area contributed by atoms with E-state index in [1.165, 1.54) is 6.33 Å². The van der Waals surface area contributed by atoms with E-state index in [2.05, 4.69) is 25.9 Å². The van der Waals surface area contributed by atoms with Gasteiger partial charge < -0.3 is 9.47 Å². The summed E-state index contributed by atoms with van der Waals surface area (Å²) in [7, 11) is 1.55. The lowest BCUT2D eigenvalue weighted by Gasteiger charge is -2.07. The topological polar surface area (TPSA) is 44.2 Å². The fourth-order valence-electron chi connectivity index (χ4n) is 1.20. The number of nitrogens with zero attached hydrogens (tertiary/aromatic N) is 2. The zero-order valence-electron chi connectivity index (χ0n) is 8.85. The Morgan fingerprint density at radius 1 is 1.24 bits per heavy atom. The molecule has 0 unspecified atom stereocenters. The Morgan fingerprint density at radius 3 is 2.76 bits per heavy atom. The monoisotopic (exact) mass is 314 g/mol. The highest BCUT2D eigenvalue weighted by molar-refractivity contribution is 9.10. The molecule has 0 radical (unpaired) electrons. The summed E-state index contributed by atoms with van der Waals surface area (Å²) in [4.78, 5) is 7.88. The van der Waals surface area contributed by atoms with Crippen molar-refractivity contribution in [1.82, 2.24) is 9.97 Å². The Kier molecular flexibility index (Phi) is 3.81. The van der Waals surface area contributed by atoms with Crippen LogP contribution >= 0.6 is 27.5 Å². The minimum Gasteiger partial charge on any atom is -0.495 e. The van der Waals surface area contributed by atoms with Crippen molar-refractivity contribution in [3.05, 3.63) is 40.2 Å². The second-order valence-corrected chi connectivity index (χ2v) is 4.30. The van der Waals surface area contributed by atoms with Gasteiger partial charge in [0.15, 0.2) is 0 Å². The van der Waals surface area contributed by atoms with Crippen molar-refractivity contribution >= 4 is 27.5 Å². The van der Waals surface area contributed by atoms with Gasteiger partial charge in [0.05, 0.1) is 12.1 Å². The van der Waals surface area contributed by atoms with Crippen LogP contribution in [0.5, 0.6) is 17.4 Å². The zero-order chi connectivity index (χ0) is 12.3. The molecule has 0 N–H and O–H groups in total. The quantitative estimate of drug-likeness (QED) is 0.810. The van der Waals surface area contributed by atoms with Crippen LogP contribution in [0, 0.1) is 0 Å². The van der Waals surface area contributed by atoms with Gasteiger partial charge in [0.2, 0.25) is 5.88 Å². The molecule has 0 spiro atoms. The first-order valence-electron chi connectivity index (χ1n) is 4.68. The minimum absolute atomic E-state index is 0.441. The molecule has 0 aliphatic carbocycles. The molecule has 2 rings (SSSR count). The highest BCUT2D eigenvalue weighted by Crippen LogP contribution is 2.30. The molecule has 2 aromatic rings. The van der Waals surface area contributed by atoms with E-state index in [9.17, 15) is 0 Å². The molecule has 0 saturated carbocycles. The standard InChI is InChI=1S/C11H8BrClN2O2/c1-16-9-4-7(2-3-8(9)13)17-11-5-10(12)14-6-15-11/h2-6H,1H3. The van der Waals surface area contributed by atoms with E-state index in [4.69, 9.17) is 21.1 Å². The molecule has 88 valence electrons. The Hall–Kier alpha value is -1.33. The molecule has 0 atom stereocenters. The van der Waals surface area contributed by atoms with E-state index < -0.39 is 0 Å². The molecule has 1 heterocycles. The second-order valence-electron chi connectivity index (χ2n) is 3.08. The lowest BCUT2D eigenvalue weighted by molar-refractivity contribution is 0.407. The number of ether oxygens (including phenoxy) is 2. The van der Waals surface area contributed by atoms with Crippen molar-refractivity contribution in [3.63, 3.8) is 0 Å². The van der Waals surface area contributed by atoms with Crippen LogP contribution in [0.3, 0.4) is 0 Å². The normalized spacial score (nSPS) is 10.1. The molecule has 0 aliphatic rings. The number of benzene rings is 1. The number of halogens is 2. The van der Waals surface area contributed by atoms with Crippen LogP contribution in [0.2, 0.25) is 5.02 Å². The Morgan fingerprint density at radius 2 is 2.06 bits per heavy atom. The van der Waals surface area contributed by atoms with E-state index in [0.717, 1.165) is 0 Å². The first-order valence-corrected chi connectivity index (χ1v) is 5.85. The molecule has 0 fully saturated rings. The molecule has 1 aromatic carbocycles. The highest BCUT2D eigenvalue weighted by Gasteiger charge is 2.05. The third kappa shape index (κ3) is 3.08. The second kappa shape index (κ2) is 5.33. The molecule has 17 heavy (non-hydrogen) atoms. The summed E-state index contributed by atoms with van der Waals surface area (Å²) in [5, 5.41) is 0.531. The zero-order valence-corrected chi connectivity index (χ0v) is 11.2. The maximum Gasteiger partial charge on any atom is 0.223 e. The van der Waals surface area contributed by atoms with Gasteiger partial charge in [-0.3, -0.25) is 0 Å². The first kappa shape index (κ1) is 12.1. The van der Waals surface area contributed by atoms with Gasteiger partial charge in [0, 0.05) is 12.1 Å². The van der Waals surface area contributed by atoms with Crippen LogP contribution in [0.25, 0.3) is 0 Å². The van der Waals surface area contributed by atoms with E-state index in [1.54, 1.807) is 31.4 Å². The van der Waals surface area contributed by atoms with Crippen LogP contribution in [0.15, 0.2) is 35.2 Å². The number of aromatic nitrogens is 2. The van der Waals surface area contributed by atoms with Gasteiger partial charge in [0.25, 0.3) is 0 Å². The number of methoxy groups -OCH3 is 1. The van der Waals surface area contributed by atoms with E-state index in [-0.39, 0.29) is 0 Å². The average molecular weight is 316 g/mol. The van der Waals surface area contributed by atoms with Crippen LogP contribution in [-0.4, -0.2) is 17.1 Å². The molecular formula is C11H8BrClN2O2. The molecule has 1 aromatic heterocycles. The van der Waals surface area contributed by atoms with Gasteiger partial charge in [-0.25, -0.2) is 9.97 Å². The Balaban J connectivity index is 2.24. The smallest absolute Gasteiger partial charge is 0.223 e. The van der Waals surface area contributed by atoms with Crippen LogP contribution in [-0.2, 0) is 0 Å². The fourth-order valence-corrected chi connectivity index (χ4v) is 1.68. The Bertz CT molecular complexity index is 537. The van der Waals surface area contributed by atoms with Crippen molar-refractivity contribution in [1.29, 1.82) is 0 Å². The van der Waals surface area contributed by atoms with Gasteiger partial charge in [-0.1, -0.05) is 11.6 Å². The summed E-state index contributed by atoms with van der Waals surface area (Å²) in [5.41, 5.74) is 0. The van der Waals surface area contributed by atoms with Gasteiger partial charge in [-0.15, -0.1) is 0 Å². The third-order valence-corrected chi connectivity index (χ3v) is 2.70. The van der Waals surface area contributed by atoms with Gasteiger partial charge in [-0.2, -0.15) is 0 Å². The largest absolute Gasteiger partial charge is 0.495 e. The fraction of sp³-hybridized carbons (Fsp3) is 0.0909. The summed E-state index contributed by atoms with van der Waals surface area (Å²) in [6.45, 7) is 0. The van der Waals surface area contributed by atoms with Crippen molar-refractivity contribution < 1.29 is 9.47 Å². The summed E-state index contributed by atoms with van der Waals surface area (Å²) < 4.78 is 11.3. The lowest BCUT2D eigenvalue weighted by Crippen LogP contribution is -1.90. The summed E-state index contributed by atoms with van der Waals surface area (Å²) in [6.07, 6.45) is 1.41. The third-order valence-electron chi connectivity index (χ3n) is 1.95.